The normalized spacial score (nSPS) is 15.9. The number of fused-ring (bicyclic) bond motifs is 1. The topological polar surface area (TPSA) is 39.3 Å². The lowest BCUT2D eigenvalue weighted by molar-refractivity contribution is 0.345. The molecule has 0 aliphatic carbocycles. The van der Waals surface area contributed by atoms with Gasteiger partial charge >= 0.3 is 4.87 Å². The van der Waals surface area contributed by atoms with Gasteiger partial charge in [0.05, 0.1) is 5.69 Å². The van der Waals surface area contributed by atoms with E-state index in [0.717, 1.165) is 36.4 Å². The zero-order chi connectivity index (χ0) is 11.7. The summed E-state index contributed by atoms with van der Waals surface area (Å²) in [6, 6.07) is 9.77. The maximum Gasteiger partial charge on any atom is 0.325 e. The Bertz CT molecular complexity index is 636. The first-order chi connectivity index (χ1) is 8.34. The monoisotopic (exact) mass is 247 g/mol. The van der Waals surface area contributed by atoms with E-state index >= 15 is 0 Å². The molecule has 88 valence electrons. The molecule has 4 nitrogen and oxygen atoms in total. The summed E-state index contributed by atoms with van der Waals surface area (Å²) in [7, 11) is 0. The summed E-state index contributed by atoms with van der Waals surface area (Å²) in [6.45, 7) is 1.71. The third kappa shape index (κ3) is 1.98. The van der Waals surface area contributed by atoms with Gasteiger partial charge < -0.3 is 0 Å². The maximum atomic E-state index is 11.8. The molecule has 1 aromatic carbocycles. The zero-order valence-electron chi connectivity index (χ0n) is 9.37. The minimum absolute atomic E-state index is 0.0966. The number of aromatic nitrogens is 2. The van der Waals surface area contributed by atoms with Crippen LogP contribution in [0.2, 0.25) is 0 Å². The third-order valence-corrected chi connectivity index (χ3v) is 3.74. The lowest BCUT2D eigenvalue weighted by atomic mass is 10.3. The summed E-state index contributed by atoms with van der Waals surface area (Å²) < 4.78 is 3.80. The van der Waals surface area contributed by atoms with Gasteiger partial charge in [-0.3, -0.25) is 9.48 Å². The molecule has 0 atom stereocenters. The molecule has 2 aromatic rings. The number of para-hydroxylation sites is 1. The molecule has 0 bridgehead atoms. The first-order valence-corrected chi connectivity index (χ1v) is 6.57. The van der Waals surface area contributed by atoms with Crippen LogP contribution < -0.4 is 9.67 Å². The van der Waals surface area contributed by atoms with Gasteiger partial charge in [-0.05, 0) is 36.3 Å². The standard InChI is InChI=1S/C12H13N3OS/c16-12-15-9-5-4-8-14(15)11(17-12)13-10-6-2-1-3-7-10/h1-3,6-7H,4-5,8-9H2. The first-order valence-electron chi connectivity index (χ1n) is 5.75. The largest absolute Gasteiger partial charge is 0.325 e. The first kappa shape index (κ1) is 10.5. The Kier molecular flexibility index (Phi) is 2.68. The van der Waals surface area contributed by atoms with Crippen molar-refractivity contribution in [3.05, 3.63) is 44.8 Å². The highest BCUT2D eigenvalue weighted by molar-refractivity contribution is 7.06. The van der Waals surface area contributed by atoms with E-state index < -0.39 is 0 Å². The average Bonchev–Trinajstić information content (AvgIpc) is 2.69. The molecule has 0 unspecified atom stereocenters. The van der Waals surface area contributed by atoms with E-state index in [9.17, 15) is 4.79 Å². The Morgan fingerprint density at radius 3 is 2.53 bits per heavy atom. The molecular formula is C12H13N3OS. The van der Waals surface area contributed by atoms with Gasteiger partial charge in [0.25, 0.3) is 0 Å². The molecular weight excluding hydrogens is 234 g/mol. The Morgan fingerprint density at radius 2 is 1.76 bits per heavy atom. The van der Waals surface area contributed by atoms with E-state index in [4.69, 9.17) is 0 Å². The van der Waals surface area contributed by atoms with Crippen LogP contribution in [-0.2, 0) is 13.1 Å². The van der Waals surface area contributed by atoms with Gasteiger partial charge in [0.15, 0.2) is 0 Å². The lowest BCUT2D eigenvalue weighted by Gasteiger charge is -2.15. The van der Waals surface area contributed by atoms with Gasteiger partial charge in [-0.15, -0.1) is 0 Å². The van der Waals surface area contributed by atoms with Crippen molar-refractivity contribution in [3.63, 3.8) is 0 Å². The molecule has 1 aliphatic heterocycles. The second-order valence-electron chi connectivity index (χ2n) is 4.05. The predicted octanol–water partition coefficient (Wildman–Crippen LogP) is 1.74. The van der Waals surface area contributed by atoms with E-state index in [1.807, 2.05) is 35.0 Å². The predicted molar refractivity (Wildman–Crippen MR) is 67.5 cm³/mol. The average molecular weight is 247 g/mol. The van der Waals surface area contributed by atoms with E-state index in [0.29, 0.717) is 0 Å². The highest BCUT2D eigenvalue weighted by Gasteiger charge is 2.12. The van der Waals surface area contributed by atoms with Crippen LogP contribution in [0.5, 0.6) is 0 Å². The fraction of sp³-hybridized carbons (Fsp3) is 0.333. The molecule has 2 heterocycles. The molecule has 1 aliphatic rings. The van der Waals surface area contributed by atoms with Crippen molar-refractivity contribution in [1.82, 2.24) is 9.36 Å². The van der Waals surface area contributed by atoms with E-state index in [1.54, 1.807) is 4.68 Å². The summed E-state index contributed by atoms with van der Waals surface area (Å²) in [6.07, 6.45) is 2.21. The fourth-order valence-corrected chi connectivity index (χ4v) is 2.93. The molecule has 0 saturated heterocycles. The van der Waals surface area contributed by atoms with Crippen molar-refractivity contribution < 1.29 is 0 Å². The van der Waals surface area contributed by atoms with Crippen LogP contribution >= 0.6 is 11.3 Å². The van der Waals surface area contributed by atoms with Gasteiger partial charge in [0, 0.05) is 13.1 Å². The van der Waals surface area contributed by atoms with Crippen molar-refractivity contribution in [2.45, 2.75) is 25.9 Å². The molecule has 0 radical (unpaired) electrons. The van der Waals surface area contributed by atoms with Gasteiger partial charge in [0.1, 0.15) is 0 Å². The molecule has 0 N–H and O–H groups in total. The van der Waals surface area contributed by atoms with Crippen LogP contribution in [0.1, 0.15) is 12.8 Å². The molecule has 0 fully saturated rings. The number of rotatable bonds is 1. The van der Waals surface area contributed by atoms with Crippen LogP contribution in [0.4, 0.5) is 5.69 Å². The molecule has 0 spiro atoms. The van der Waals surface area contributed by atoms with Crippen molar-refractivity contribution in [1.29, 1.82) is 0 Å². The zero-order valence-corrected chi connectivity index (χ0v) is 10.2. The highest BCUT2D eigenvalue weighted by atomic mass is 32.1. The van der Waals surface area contributed by atoms with E-state index in [-0.39, 0.29) is 4.87 Å². The Morgan fingerprint density at radius 1 is 1.06 bits per heavy atom. The van der Waals surface area contributed by atoms with Crippen LogP contribution in [0, 0.1) is 0 Å². The van der Waals surface area contributed by atoms with Crippen LogP contribution in [-0.4, -0.2) is 9.36 Å². The summed E-state index contributed by atoms with van der Waals surface area (Å²) in [5.41, 5.74) is 0.898. The Labute approximate surface area is 102 Å². The number of hydrogen-bond donors (Lipinski definition) is 0. The molecule has 0 saturated carbocycles. The third-order valence-electron chi connectivity index (χ3n) is 2.87. The van der Waals surface area contributed by atoms with Gasteiger partial charge in [-0.1, -0.05) is 18.2 Å². The van der Waals surface area contributed by atoms with Gasteiger partial charge in [-0.2, -0.15) is 0 Å². The van der Waals surface area contributed by atoms with Crippen molar-refractivity contribution in [2.75, 3.05) is 0 Å². The minimum atomic E-state index is 0.0966. The van der Waals surface area contributed by atoms with E-state index in [2.05, 4.69) is 4.99 Å². The summed E-state index contributed by atoms with van der Waals surface area (Å²) in [5, 5.41) is 0. The molecule has 3 rings (SSSR count). The van der Waals surface area contributed by atoms with Crippen LogP contribution in [0.15, 0.2) is 40.1 Å². The molecule has 17 heavy (non-hydrogen) atoms. The van der Waals surface area contributed by atoms with Crippen molar-refractivity contribution >= 4 is 17.0 Å². The summed E-state index contributed by atoms with van der Waals surface area (Å²) in [4.78, 5) is 17.2. The lowest BCUT2D eigenvalue weighted by Crippen LogP contribution is -2.31. The number of hydrogen-bond acceptors (Lipinski definition) is 3. The summed E-state index contributed by atoms with van der Waals surface area (Å²) in [5.74, 6) is 0. The quantitative estimate of drug-likeness (QED) is 0.756. The maximum absolute atomic E-state index is 11.8. The van der Waals surface area contributed by atoms with Crippen LogP contribution in [0.3, 0.4) is 0 Å². The van der Waals surface area contributed by atoms with Crippen LogP contribution in [0.25, 0.3) is 0 Å². The van der Waals surface area contributed by atoms with Gasteiger partial charge in [0.2, 0.25) is 4.80 Å². The fourth-order valence-electron chi connectivity index (χ4n) is 2.03. The Hall–Kier alpha value is -1.62. The smallest absolute Gasteiger partial charge is 0.256 e. The Balaban J connectivity index is 2.16. The SMILES string of the molecule is O=c1sc(=Nc2ccccc2)n2n1CCCC2. The molecule has 1 aromatic heterocycles. The molecule has 5 heteroatoms. The van der Waals surface area contributed by atoms with Gasteiger partial charge in [-0.25, -0.2) is 9.67 Å². The van der Waals surface area contributed by atoms with Crippen molar-refractivity contribution in [3.8, 4) is 0 Å². The van der Waals surface area contributed by atoms with Crippen molar-refractivity contribution in [2.24, 2.45) is 4.99 Å². The second-order valence-corrected chi connectivity index (χ2v) is 4.97. The van der Waals surface area contributed by atoms with E-state index in [1.165, 1.54) is 11.3 Å². The number of nitrogens with zero attached hydrogens (tertiary/aromatic N) is 3. The molecule has 0 amide bonds. The summed E-state index contributed by atoms with van der Waals surface area (Å²) >= 11 is 1.23. The number of benzene rings is 1. The second kappa shape index (κ2) is 4.33. The minimum Gasteiger partial charge on any atom is -0.256 e. The highest BCUT2D eigenvalue weighted by Crippen LogP contribution is 2.09.